The van der Waals surface area contributed by atoms with Gasteiger partial charge in [-0.25, -0.2) is 4.79 Å². The summed E-state index contributed by atoms with van der Waals surface area (Å²) >= 11 is 0. The van der Waals surface area contributed by atoms with Crippen LogP contribution in [0.3, 0.4) is 0 Å². The zero-order valence-corrected chi connectivity index (χ0v) is 18.3. The Hall–Kier alpha value is -4.05. The molecule has 0 unspecified atom stereocenters. The molecule has 4 aromatic rings. The quantitative estimate of drug-likeness (QED) is 0.311. The van der Waals surface area contributed by atoms with Crippen molar-refractivity contribution >= 4 is 5.97 Å². The molecule has 0 aliphatic carbocycles. The molecule has 0 bridgehead atoms. The molecule has 4 nitrogen and oxygen atoms in total. The molecule has 4 rings (SSSR count). The molecular formula is C29H26O4. The van der Waals surface area contributed by atoms with Gasteiger partial charge >= 0.3 is 5.97 Å². The average Bonchev–Trinajstić information content (AvgIpc) is 2.88. The fourth-order valence-corrected chi connectivity index (χ4v) is 4.20. The summed E-state index contributed by atoms with van der Waals surface area (Å²) in [7, 11) is 0. The molecule has 4 heteroatoms. The summed E-state index contributed by atoms with van der Waals surface area (Å²) in [5.74, 6) is 0.201. The maximum atomic E-state index is 10.7. The zero-order chi connectivity index (χ0) is 22.9. The van der Waals surface area contributed by atoms with Crippen LogP contribution in [0.25, 0.3) is 0 Å². The molecule has 0 aliphatic heterocycles. The van der Waals surface area contributed by atoms with Crippen LogP contribution in [0, 0.1) is 0 Å². The molecule has 0 aromatic heterocycles. The Kier molecular flexibility index (Phi) is 7.06. The molecule has 1 N–H and O–H groups in total. The second kappa shape index (κ2) is 10.5. The third-order valence-corrected chi connectivity index (χ3v) is 5.73. The second-order valence-electron chi connectivity index (χ2n) is 7.76. The summed E-state index contributed by atoms with van der Waals surface area (Å²) in [5, 5.41) is 8.75. The number of benzene rings is 4. The van der Waals surface area contributed by atoms with Crippen LogP contribution in [0.15, 0.2) is 115 Å². The summed E-state index contributed by atoms with van der Waals surface area (Å²) in [6, 6.07) is 38.7. The summed E-state index contributed by atoms with van der Waals surface area (Å²) in [5.41, 5.74) is 3.27. The second-order valence-corrected chi connectivity index (χ2v) is 7.76. The van der Waals surface area contributed by atoms with E-state index in [0.717, 1.165) is 6.42 Å². The first-order chi connectivity index (χ1) is 16.2. The summed E-state index contributed by atoms with van der Waals surface area (Å²) in [6.45, 7) is 0.127. The van der Waals surface area contributed by atoms with Crippen molar-refractivity contribution in [3.05, 3.63) is 132 Å². The summed E-state index contributed by atoms with van der Waals surface area (Å²) in [4.78, 5) is 10.7. The first-order valence-electron chi connectivity index (χ1n) is 10.9. The minimum Gasteiger partial charge on any atom is -0.494 e. The summed E-state index contributed by atoms with van der Waals surface area (Å²) < 4.78 is 11.3. The van der Waals surface area contributed by atoms with Crippen molar-refractivity contribution in [2.45, 2.75) is 11.8 Å². The van der Waals surface area contributed by atoms with Gasteiger partial charge in [0.15, 0.2) is 6.61 Å². The lowest BCUT2D eigenvalue weighted by Crippen LogP contribution is -2.31. The van der Waals surface area contributed by atoms with Crippen LogP contribution in [-0.4, -0.2) is 24.3 Å². The lowest BCUT2D eigenvalue weighted by molar-refractivity contribution is -0.139. The molecule has 0 atom stereocenters. The van der Waals surface area contributed by atoms with E-state index >= 15 is 0 Å². The Bertz CT molecular complexity index is 1040. The largest absolute Gasteiger partial charge is 0.494 e. The topological polar surface area (TPSA) is 55.8 Å². The highest BCUT2D eigenvalue weighted by Gasteiger charge is 2.36. The minimum absolute atomic E-state index is 0.367. The summed E-state index contributed by atoms with van der Waals surface area (Å²) in [6.07, 6.45) is 0.738. The van der Waals surface area contributed by atoms with Crippen LogP contribution in [0.5, 0.6) is 11.5 Å². The monoisotopic (exact) mass is 438 g/mol. The Morgan fingerprint density at radius 2 is 1.00 bits per heavy atom. The van der Waals surface area contributed by atoms with Gasteiger partial charge in [-0.2, -0.15) is 0 Å². The zero-order valence-electron chi connectivity index (χ0n) is 18.3. The molecule has 0 amide bonds. The standard InChI is InChI=1S/C29H26O4/c30-28(31)22-33-27-18-16-26(17-19-27)32-21-20-29(23-10-4-1-5-11-23,24-12-6-2-7-13-24)25-14-8-3-9-15-25/h1-19H,20-22H2,(H,30,31). The van der Waals surface area contributed by atoms with Crippen LogP contribution in [0.1, 0.15) is 23.1 Å². The van der Waals surface area contributed by atoms with Crippen LogP contribution in [0.2, 0.25) is 0 Å². The lowest BCUT2D eigenvalue weighted by Gasteiger charge is -2.36. The van der Waals surface area contributed by atoms with Gasteiger partial charge in [0, 0.05) is 5.41 Å². The molecule has 33 heavy (non-hydrogen) atoms. The van der Waals surface area contributed by atoms with Gasteiger partial charge in [0.2, 0.25) is 0 Å². The number of ether oxygens (including phenoxy) is 2. The van der Waals surface area contributed by atoms with Gasteiger partial charge in [0.25, 0.3) is 0 Å². The minimum atomic E-state index is -1.01. The number of carbonyl (C=O) groups is 1. The molecule has 0 aliphatic rings. The molecule has 0 radical (unpaired) electrons. The van der Waals surface area contributed by atoms with Crippen molar-refractivity contribution in [2.24, 2.45) is 0 Å². The predicted molar refractivity (Wildman–Crippen MR) is 129 cm³/mol. The Balaban J connectivity index is 1.61. The number of aliphatic carboxylic acids is 1. The van der Waals surface area contributed by atoms with E-state index in [0.29, 0.717) is 18.1 Å². The fraction of sp³-hybridized carbons (Fsp3) is 0.138. The van der Waals surface area contributed by atoms with Crippen molar-refractivity contribution in [2.75, 3.05) is 13.2 Å². The van der Waals surface area contributed by atoms with Crippen molar-refractivity contribution in [1.29, 1.82) is 0 Å². The van der Waals surface area contributed by atoms with Crippen LogP contribution in [-0.2, 0) is 10.2 Å². The molecule has 0 fully saturated rings. The van der Waals surface area contributed by atoms with Gasteiger partial charge in [-0.1, -0.05) is 91.0 Å². The van der Waals surface area contributed by atoms with E-state index in [1.807, 2.05) is 18.2 Å². The van der Waals surface area contributed by atoms with Crippen LogP contribution in [0.4, 0.5) is 0 Å². The predicted octanol–water partition coefficient (Wildman–Crippen LogP) is 5.95. The lowest BCUT2D eigenvalue weighted by atomic mass is 9.67. The number of hydrogen-bond acceptors (Lipinski definition) is 3. The molecule has 0 saturated carbocycles. The molecule has 4 aromatic carbocycles. The van der Waals surface area contributed by atoms with Gasteiger partial charge in [-0.05, 0) is 47.4 Å². The van der Waals surface area contributed by atoms with Crippen molar-refractivity contribution < 1.29 is 19.4 Å². The van der Waals surface area contributed by atoms with Crippen molar-refractivity contribution in [3.63, 3.8) is 0 Å². The van der Waals surface area contributed by atoms with E-state index in [1.54, 1.807) is 24.3 Å². The molecule has 0 heterocycles. The molecule has 166 valence electrons. The van der Waals surface area contributed by atoms with Gasteiger partial charge in [0.1, 0.15) is 11.5 Å². The highest BCUT2D eigenvalue weighted by atomic mass is 16.5. The number of carboxylic acid groups (broad SMARTS) is 1. The molecule has 0 spiro atoms. The van der Waals surface area contributed by atoms with Gasteiger partial charge < -0.3 is 14.6 Å². The third kappa shape index (κ3) is 5.24. The highest BCUT2D eigenvalue weighted by molar-refractivity contribution is 5.68. The van der Waals surface area contributed by atoms with E-state index < -0.39 is 5.97 Å². The van der Waals surface area contributed by atoms with E-state index in [9.17, 15) is 4.79 Å². The number of hydrogen-bond donors (Lipinski definition) is 1. The third-order valence-electron chi connectivity index (χ3n) is 5.73. The fourth-order valence-electron chi connectivity index (χ4n) is 4.20. The number of rotatable bonds is 10. The number of carboxylic acids is 1. The van der Waals surface area contributed by atoms with Crippen molar-refractivity contribution in [3.8, 4) is 11.5 Å². The van der Waals surface area contributed by atoms with Gasteiger partial charge in [-0.15, -0.1) is 0 Å². The van der Waals surface area contributed by atoms with Gasteiger partial charge in [-0.3, -0.25) is 0 Å². The molecular weight excluding hydrogens is 412 g/mol. The van der Waals surface area contributed by atoms with E-state index in [4.69, 9.17) is 14.6 Å². The van der Waals surface area contributed by atoms with Crippen molar-refractivity contribution in [1.82, 2.24) is 0 Å². The SMILES string of the molecule is O=C(O)COc1ccc(OCCC(c2ccccc2)(c2ccccc2)c2ccccc2)cc1. The van der Waals surface area contributed by atoms with E-state index in [1.165, 1.54) is 16.7 Å². The van der Waals surface area contributed by atoms with E-state index in [-0.39, 0.29) is 12.0 Å². The normalized spacial score (nSPS) is 11.0. The maximum Gasteiger partial charge on any atom is 0.341 e. The van der Waals surface area contributed by atoms with Crippen LogP contribution < -0.4 is 9.47 Å². The first kappa shape index (κ1) is 22.2. The van der Waals surface area contributed by atoms with Gasteiger partial charge in [0.05, 0.1) is 6.61 Å². The Labute approximate surface area is 194 Å². The highest BCUT2D eigenvalue weighted by Crippen LogP contribution is 2.42. The smallest absolute Gasteiger partial charge is 0.341 e. The Morgan fingerprint density at radius 1 is 0.606 bits per heavy atom. The average molecular weight is 439 g/mol. The van der Waals surface area contributed by atoms with Crippen LogP contribution >= 0.6 is 0 Å². The maximum absolute atomic E-state index is 10.7. The van der Waals surface area contributed by atoms with E-state index in [2.05, 4.69) is 72.8 Å². The first-order valence-corrected chi connectivity index (χ1v) is 10.9. The Morgan fingerprint density at radius 3 is 1.39 bits per heavy atom. The molecule has 0 saturated heterocycles.